The summed E-state index contributed by atoms with van der Waals surface area (Å²) in [4.78, 5) is 1.48. The first-order valence-electron chi connectivity index (χ1n) is 8.32. The van der Waals surface area contributed by atoms with Crippen molar-refractivity contribution >= 4 is 12.4 Å². The number of rotatable bonds is 5. The van der Waals surface area contributed by atoms with Crippen molar-refractivity contribution < 1.29 is 17.9 Å². The Labute approximate surface area is 157 Å². The van der Waals surface area contributed by atoms with Crippen molar-refractivity contribution in [2.75, 3.05) is 26.2 Å². The highest BCUT2D eigenvalue weighted by atomic mass is 35.5. The van der Waals surface area contributed by atoms with Gasteiger partial charge in [-0.25, -0.2) is 0 Å². The highest BCUT2D eigenvalue weighted by Crippen LogP contribution is 2.38. The summed E-state index contributed by atoms with van der Waals surface area (Å²) in [5.74, 6) is 0.564. The van der Waals surface area contributed by atoms with Gasteiger partial charge in [-0.05, 0) is 23.3 Å². The van der Waals surface area contributed by atoms with Crippen LogP contribution in [0.25, 0.3) is 0 Å². The van der Waals surface area contributed by atoms with Crippen molar-refractivity contribution in [3.63, 3.8) is 0 Å². The molecule has 1 heterocycles. The molecule has 7 heteroatoms. The van der Waals surface area contributed by atoms with E-state index in [0.717, 1.165) is 5.56 Å². The lowest BCUT2D eigenvalue weighted by molar-refractivity contribution is -0.187. The second-order valence-corrected chi connectivity index (χ2v) is 6.07. The van der Waals surface area contributed by atoms with Crippen LogP contribution in [0.3, 0.4) is 0 Å². The molecule has 0 bridgehead atoms. The molecule has 2 aromatic rings. The highest BCUT2D eigenvalue weighted by Gasteiger charge is 2.44. The molecule has 1 fully saturated rings. The number of halogens is 4. The van der Waals surface area contributed by atoms with Crippen LogP contribution in [0.4, 0.5) is 13.2 Å². The molecule has 0 unspecified atom stereocenters. The first-order valence-corrected chi connectivity index (χ1v) is 8.32. The topological polar surface area (TPSA) is 24.5 Å². The molecular formula is C19H22ClF3N2O. The third-order valence-corrected chi connectivity index (χ3v) is 4.27. The monoisotopic (exact) mass is 386 g/mol. The van der Waals surface area contributed by atoms with Crippen LogP contribution in [-0.4, -0.2) is 37.3 Å². The molecule has 1 atom stereocenters. The first kappa shape index (κ1) is 20.6. The minimum absolute atomic E-state index is 0. The third-order valence-electron chi connectivity index (χ3n) is 4.27. The number of benzene rings is 2. The zero-order valence-electron chi connectivity index (χ0n) is 14.2. The summed E-state index contributed by atoms with van der Waals surface area (Å²) in [6.07, 6.45) is -4.30. The average molecular weight is 387 g/mol. The number of hydrogen-bond acceptors (Lipinski definition) is 3. The molecule has 2 aromatic carbocycles. The molecule has 3 rings (SSSR count). The van der Waals surface area contributed by atoms with Gasteiger partial charge in [0.05, 0.1) is 0 Å². The quantitative estimate of drug-likeness (QED) is 0.833. The highest BCUT2D eigenvalue weighted by molar-refractivity contribution is 5.85. The van der Waals surface area contributed by atoms with Gasteiger partial charge in [-0.1, -0.05) is 42.5 Å². The van der Waals surface area contributed by atoms with Crippen molar-refractivity contribution in [3.8, 4) is 5.75 Å². The van der Waals surface area contributed by atoms with Gasteiger partial charge < -0.3 is 10.1 Å². The van der Waals surface area contributed by atoms with Gasteiger partial charge in [0.2, 0.25) is 0 Å². The molecule has 0 radical (unpaired) electrons. The summed E-state index contributed by atoms with van der Waals surface area (Å²) in [7, 11) is 0. The molecular weight excluding hydrogens is 365 g/mol. The number of nitrogens with one attached hydrogen (secondary N) is 1. The van der Waals surface area contributed by atoms with Gasteiger partial charge in [0.1, 0.15) is 18.4 Å². The summed E-state index contributed by atoms with van der Waals surface area (Å²) in [6.45, 7) is 2.31. The predicted octanol–water partition coefficient (Wildman–Crippen LogP) is 4.20. The molecule has 1 aliphatic rings. The smallest absolute Gasteiger partial charge is 0.408 e. The number of piperazine rings is 1. The second-order valence-electron chi connectivity index (χ2n) is 6.07. The van der Waals surface area contributed by atoms with Crippen LogP contribution in [0.15, 0.2) is 54.6 Å². The van der Waals surface area contributed by atoms with E-state index in [4.69, 9.17) is 4.74 Å². The van der Waals surface area contributed by atoms with Crippen LogP contribution in [0.5, 0.6) is 5.75 Å². The summed E-state index contributed by atoms with van der Waals surface area (Å²) < 4.78 is 46.4. The number of alkyl halides is 3. The maximum absolute atomic E-state index is 13.6. The van der Waals surface area contributed by atoms with E-state index < -0.39 is 12.2 Å². The summed E-state index contributed by atoms with van der Waals surface area (Å²) >= 11 is 0. The Morgan fingerprint density at radius 1 is 0.962 bits per heavy atom. The Hall–Kier alpha value is -1.76. The maximum atomic E-state index is 13.6. The van der Waals surface area contributed by atoms with Crippen LogP contribution in [0.1, 0.15) is 17.2 Å². The van der Waals surface area contributed by atoms with E-state index in [1.165, 1.54) is 17.0 Å². The first-order chi connectivity index (χ1) is 12.0. The minimum Gasteiger partial charge on any atom is -0.489 e. The fourth-order valence-electron chi connectivity index (χ4n) is 3.03. The molecule has 1 saturated heterocycles. The van der Waals surface area contributed by atoms with Gasteiger partial charge in [-0.2, -0.15) is 13.2 Å². The molecule has 1 aliphatic heterocycles. The minimum atomic E-state index is -4.30. The average Bonchev–Trinajstić information content (AvgIpc) is 2.62. The Morgan fingerprint density at radius 2 is 1.58 bits per heavy atom. The van der Waals surface area contributed by atoms with E-state index in [1.54, 1.807) is 12.1 Å². The zero-order chi connectivity index (χ0) is 17.7. The Kier molecular flexibility index (Phi) is 7.32. The van der Waals surface area contributed by atoms with E-state index in [9.17, 15) is 13.2 Å². The maximum Gasteiger partial charge on any atom is 0.408 e. The molecule has 26 heavy (non-hydrogen) atoms. The SMILES string of the molecule is Cl.FC(F)(F)[C@@H](c1ccc(OCc2ccccc2)cc1)N1CCNCC1. The Morgan fingerprint density at radius 3 is 2.15 bits per heavy atom. The van der Waals surface area contributed by atoms with Crippen LogP contribution < -0.4 is 10.1 Å². The van der Waals surface area contributed by atoms with Crippen LogP contribution in [-0.2, 0) is 6.61 Å². The third kappa shape index (κ3) is 5.37. The predicted molar refractivity (Wildman–Crippen MR) is 97.7 cm³/mol. The standard InChI is InChI=1S/C19H21F3N2O.ClH/c20-19(21,22)18(24-12-10-23-11-13-24)16-6-8-17(9-7-16)25-14-15-4-2-1-3-5-15;/h1-9,18,23H,10-14H2;1H/t18-;/m1./s1. The van der Waals surface area contributed by atoms with Crippen molar-refractivity contribution in [2.45, 2.75) is 18.8 Å². The number of hydrogen-bond donors (Lipinski definition) is 1. The van der Waals surface area contributed by atoms with E-state index in [1.807, 2.05) is 30.3 Å². The number of nitrogens with zero attached hydrogens (tertiary/aromatic N) is 1. The van der Waals surface area contributed by atoms with Gasteiger partial charge in [0, 0.05) is 26.2 Å². The van der Waals surface area contributed by atoms with Crippen molar-refractivity contribution in [1.82, 2.24) is 10.2 Å². The zero-order valence-corrected chi connectivity index (χ0v) is 15.0. The van der Waals surface area contributed by atoms with E-state index >= 15 is 0 Å². The van der Waals surface area contributed by atoms with Gasteiger partial charge >= 0.3 is 6.18 Å². The lowest BCUT2D eigenvalue weighted by Gasteiger charge is -2.36. The van der Waals surface area contributed by atoms with E-state index in [-0.39, 0.29) is 18.0 Å². The van der Waals surface area contributed by atoms with E-state index in [0.29, 0.717) is 38.5 Å². The van der Waals surface area contributed by atoms with Crippen molar-refractivity contribution in [1.29, 1.82) is 0 Å². The fourth-order valence-corrected chi connectivity index (χ4v) is 3.03. The van der Waals surface area contributed by atoms with Gasteiger partial charge in [-0.15, -0.1) is 12.4 Å². The Balaban J connectivity index is 0.00000243. The van der Waals surface area contributed by atoms with Crippen molar-refractivity contribution in [2.24, 2.45) is 0 Å². The summed E-state index contributed by atoms with van der Waals surface area (Å²) in [5.41, 5.74) is 1.27. The van der Waals surface area contributed by atoms with Crippen molar-refractivity contribution in [3.05, 3.63) is 65.7 Å². The molecule has 0 aromatic heterocycles. The van der Waals surface area contributed by atoms with Crippen LogP contribution >= 0.6 is 12.4 Å². The summed E-state index contributed by atoms with van der Waals surface area (Å²) in [5, 5.41) is 3.08. The van der Waals surface area contributed by atoms with Crippen LogP contribution in [0, 0.1) is 0 Å². The molecule has 0 spiro atoms. The second kappa shape index (κ2) is 9.26. The lowest BCUT2D eigenvalue weighted by Crippen LogP contribution is -2.49. The molecule has 0 saturated carbocycles. The molecule has 0 amide bonds. The normalized spacial score (nSPS) is 16.6. The summed E-state index contributed by atoms with van der Waals surface area (Å²) in [6, 6.07) is 14.3. The largest absolute Gasteiger partial charge is 0.489 e. The molecule has 142 valence electrons. The Bertz CT molecular complexity index is 659. The van der Waals surface area contributed by atoms with Crippen LogP contribution in [0.2, 0.25) is 0 Å². The van der Waals surface area contributed by atoms with Gasteiger partial charge in [0.15, 0.2) is 0 Å². The number of ether oxygens (including phenoxy) is 1. The lowest BCUT2D eigenvalue weighted by atomic mass is 10.0. The fraction of sp³-hybridized carbons (Fsp3) is 0.368. The molecule has 3 nitrogen and oxygen atoms in total. The molecule has 0 aliphatic carbocycles. The van der Waals surface area contributed by atoms with E-state index in [2.05, 4.69) is 5.32 Å². The van der Waals surface area contributed by atoms with Gasteiger partial charge in [0.25, 0.3) is 0 Å². The van der Waals surface area contributed by atoms with Gasteiger partial charge in [-0.3, -0.25) is 4.90 Å². The molecule has 1 N–H and O–H groups in total.